The van der Waals surface area contributed by atoms with E-state index in [-0.39, 0.29) is 23.2 Å². The van der Waals surface area contributed by atoms with Crippen molar-refractivity contribution in [3.8, 4) is 5.69 Å². The number of hydrogen-bond donors (Lipinski definition) is 1. The summed E-state index contributed by atoms with van der Waals surface area (Å²) in [5.41, 5.74) is 2.78. The molecule has 1 amide bonds. The molecular weight excluding hydrogens is 456 g/mol. The van der Waals surface area contributed by atoms with E-state index in [0.717, 1.165) is 28.9 Å². The summed E-state index contributed by atoms with van der Waals surface area (Å²) < 4.78 is 29.2. The number of benzene rings is 3. The van der Waals surface area contributed by atoms with E-state index in [1.807, 2.05) is 32.0 Å². The molecular formula is C26H23F2N3O2S. The lowest BCUT2D eigenvalue weighted by Gasteiger charge is -2.14. The summed E-state index contributed by atoms with van der Waals surface area (Å²) in [6.45, 7) is 3.88. The van der Waals surface area contributed by atoms with Gasteiger partial charge in [0.2, 0.25) is 5.91 Å². The maximum absolute atomic E-state index is 14.6. The van der Waals surface area contributed by atoms with Gasteiger partial charge in [0.05, 0.1) is 16.6 Å². The van der Waals surface area contributed by atoms with Crippen LogP contribution in [0.3, 0.4) is 0 Å². The molecule has 0 saturated carbocycles. The molecule has 1 aromatic heterocycles. The third-order valence-corrected chi connectivity index (χ3v) is 6.45. The lowest BCUT2D eigenvalue weighted by molar-refractivity contribution is -0.116. The molecule has 4 rings (SSSR count). The number of nitrogens with zero attached hydrogens (tertiary/aromatic N) is 2. The molecule has 0 radical (unpaired) electrons. The molecule has 0 saturated heterocycles. The van der Waals surface area contributed by atoms with Crippen LogP contribution in [-0.4, -0.2) is 21.2 Å². The van der Waals surface area contributed by atoms with Crippen molar-refractivity contribution >= 4 is 34.3 Å². The van der Waals surface area contributed by atoms with Gasteiger partial charge in [-0.2, -0.15) is 0 Å². The molecule has 34 heavy (non-hydrogen) atoms. The Kier molecular flexibility index (Phi) is 7.07. The smallest absolute Gasteiger partial charge is 0.266 e. The summed E-state index contributed by atoms with van der Waals surface area (Å²) in [5.74, 6) is -1.21. The Morgan fingerprint density at radius 1 is 1.03 bits per heavy atom. The highest BCUT2D eigenvalue weighted by Gasteiger charge is 2.17. The molecule has 1 heterocycles. The number of fused-ring (bicyclic) bond motifs is 1. The number of aryl methyl sites for hydroxylation is 2. The fourth-order valence-corrected chi connectivity index (χ4v) is 4.64. The maximum Gasteiger partial charge on any atom is 0.266 e. The van der Waals surface area contributed by atoms with E-state index >= 15 is 0 Å². The fraction of sp³-hybridized carbons (Fsp3) is 0.192. The van der Waals surface area contributed by atoms with Gasteiger partial charge in [-0.25, -0.2) is 13.8 Å². The van der Waals surface area contributed by atoms with E-state index in [0.29, 0.717) is 23.1 Å². The van der Waals surface area contributed by atoms with Crippen LogP contribution in [0.15, 0.2) is 70.6 Å². The van der Waals surface area contributed by atoms with Gasteiger partial charge in [-0.1, -0.05) is 42.1 Å². The second-order valence-corrected chi connectivity index (χ2v) is 8.98. The van der Waals surface area contributed by atoms with Gasteiger partial charge in [0, 0.05) is 23.9 Å². The Morgan fingerprint density at radius 2 is 1.76 bits per heavy atom. The number of hydrogen-bond acceptors (Lipinski definition) is 4. The van der Waals surface area contributed by atoms with Crippen molar-refractivity contribution in [1.82, 2.24) is 9.55 Å². The number of thioether (sulfide) groups is 1. The van der Waals surface area contributed by atoms with E-state index in [2.05, 4.69) is 10.3 Å². The minimum atomic E-state index is -0.853. The molecule has 0 bridgehead atoms. The zero-order valence-electron chi connectivity index (χ0n) is 18.8. The SMILES string of the molecule is Cc1cccc(C)c1NC(=O)CCCSc1nc2ccccc2c(=O)n1-c1ccc(F)cc1F. The summed E-state index contributed by atoms with van der Waals surface area (Å²) in [6, 6.07) is 15.7. The number of carbonyl (C=O) groups excluding carboxylic acids is 1. The summed E-state index contributed by atoms with van der Waals surface area (Å²) in [4.78, 5) is 30.2. The van der Waals surface area contributed by atoms with Gasteiger partial charge in [-0.3, -0.25) is 14.2 Å². The van der Waals surface area contributed by atoms with Gasteiger partial charge in [0.15, 0.2) is 5.16 Å². The highest BCUT2D eigenvalue weighted by molar-refractivity contribution is 7.99. The molecule has 5 nitrogen and oxygen atoms in total. The third kappa shape index (κ3) is 5.02. The average molecular weight is 480 g/mol. The zero-order chi connectivity index (χ0) is 24.2. The van der Waals surface area contributed by atoms with Crippen molar-refractivity contribution in [2.24, 2.45) is 0 Å². The van der Waals surface area contributed by atoms with E-state index < -0.39 is 17.2 Å². The Hall–Kier alpha value is -3.52. The number of carbonyl (C=O) groups is 1. The largest absolute Gasteiger partial charge is 0.326 e. The first kappa shape index (κ1) is 23.6. The highest BCUT2D eigenvalue weighted by atomic mass is 32.2. The van der Waals surface area contributed by atoms with Crippen molar-refractivity contribution in [1.29, 1.82) is 0 Å². The predicted molar refractivity (Wildman–Crippen MR) is 132 cm³/mol. The Morgan fingerprint density at radius 3 is 2.50 bits per heavy atom. The zero-order valence-corrected chi connectivity index (χ0v) is 19.6. The van der Waals surface area contributed by atoms with Gasteiger partial charge in [0.25, 0.3) is 5.56 Å². The van der Waals surface area contributed by atoms with Crippen LogP contribution in [0.4, 0.5) is 14.5 Å². The standard InChI is InChI=1S/C26H23F2N3O2S/c1-16-7-5-8-17(2)24(16)30-23(32)11-6-14-34-26-29-21-10-4-3-9-19(21)25(33)31(26)22-13-12-18(27)15-20(22)28/h3-5,7-10,12-13,15H,6,11,14H2,1-2H3,(H,30,32). The molecule has 1 N–H and O–H groups in total. The summed E-state index contributed by atoms with van der Waals surface area (Å²) >= 11 is 1.25. The van der Waals surface area contributed by atoms with Crippen molar-refractivity contribution in [2.75, 3.05) is 11.1 Å². The predicted octanol–water partition coefficient (Wildman–Crippen LogP) is 5.79. The second-order valence-electron chi connectivity index (χ2n) is 7.91. The third-order valence-electron chi connectivity index (χ3n) is 5.42. The van der Waals surface area contributed by atoms with Crippen molar-refractivity contribution in [2.45, 2.75) is 31.8 Å². The molecule has 0 aliphatic rings. The molecule has 8 heteroatoms. The minimum absolute atomic E-state index is 0.0695. The van der Waals surface area contributed by atoms with E-state index in [9.17, 15) is 18.4 Å². The van der Waals surface area contributed by atoms with Gasteiger partial charge >= 0.3 is 0 Å². The van der Waals surface area contributed by atoms with Crippen LogP contribution in [0, 0.1) is 25.5 Å². The van der Waals surface area contributed by atoms with Crippen molar-refractivity contribution in [3.05, 3.63) is 93.8 Å². The number of anilines is 1. The normalized spacial score (nSPS) is 11.1. The van der Waals surface area contributed by atoms with Crippen LogP contribution < -0.4 is 10.9 Å². The number of amides is 1. The minimum Gasteiger partial charge on any atom is -0.326 e. The van der Waals surface area contributed by atoms with Crippen LogP contribution in [0.2, 0.25) is 0 Å². The molecule has 0 aliphatic heterocycles. The molecule has 0 spiro atoms. The van der Waals surface area contributed by atoms with Gasteiger partial charge in [0.1, 0.15) is 11.6 Å². The van der Waals surface area contributed by atoms with E-state index in [1.165, 1.54) is 22.4 Å². The lowest BCUT2D eigenvalue weighted by Crippen LogP contribution is -2.23. The quantitative estimate of drug-likeness (QED) is 0.207. The van der Waals surface area contributed by atoms with Crippen molar-refractivity contribution in [3.63, 3.8) is 0 Å². The monoisotopic (exact) mass is 479 g/mol. The number of rotatable bonds is 7. The molecule has 4 aromatic rings. The van der Waals surface area contributed by atoms with Gasteiger partial charge < -0.3 is 5.32 Å². The highest BCUT2D eigenvalue weighted by Crippen LogP contribution is 2.25. The first-order valence-electron chi connectivity index (χ1n) is 10.8. The van der Waals surface area contributed by atoms with Crippen molar-refractivity contribution < 1.29 is 13.6 Å². The van der Waals surface area contributed by atoms with Crippen LogP contribution in [0.5, 0.6) is 0 Å². The summed E-state index contributed by atoms with van der Waals surface area (Å²) in [6.07, 6.45) is 0.805. The summed E-state index contributed by atoms with van der Waals surface area (Å²) in [7, 11) is 0. The van der Waals surface area contributed by atoms with Crippen LogP contribution in [-0.2, 0) is 4.79 Å². The lowest BCUT2D eigenvalue weighted by atomic mass is 10.1. The van der Waals surface area contributed by atoms with Crippen LogP contribution in [0.1, 0.15) is 24.0 Å². The van der Waals surface area contributed by atoms with Gasteiger partial charge in [-0.05, 0) is 55.7 Å². The number of para-hydroxylation sites is 2. The topological polar surface area (TPSA) is 64.0 Å². The van der Waals surface area contributed by atoms with E-state index in [1.54, 1.807) is 24.3 Å². The number of aromatic nitrogens is 2. The molecule has 0 aliphatic carbocycles. The molecule has 174 valence electrons. The molecule has 0 unspecified atom stereocenters. The summed E-state index contributed by atoms with van der Waals surface area (Å²) in [5, 5.41) is 3.57. The van der Waals surface area contributed by atoms with E-state index in [4.69, 9.17) is 0 Å². The maximum atomic E-state index is 14.6. The second kappa shape index (κ2) is 10.2. The molecule has 0 fully saturated rings. The Labute approximate surface area is 199 Å². The van der Waals surface area contributed by atoms with Gasteiger partial charge in [-0.15, -0.1) is 0 Å². The first-order valence-corrected chi connectivity index (χ1v) is 11.8. The Balaban J connectivity index is 1.53. The Bertz CT molecular complexity index is 1420. The molecule has 0 atom stereocenters. The van der Waals surface area contributed by atoms with Crippen LogP contribution in [0.25, 0.3) is 16.6 Å². The van der Waals surface area contributed by atoms with Crippen LogP contribution >= 0.6 is 11.8 Å². The average Bonchev–Trinajstić information content (AvgIpc) is 2.80. The first-order chi connectivity index (χ1) is 16.3. The molecule has 3 aromatic carbocycles. The number of nitrogens with one attached hydrogen (secondary N) is 1. The number of halogens is 2. The fourth-order valence-electron chi connectivity index (χ4n) is 3.69.